The number of nitrogens with zero attached hydrogens (tertiary/aromatic N) is 1. The smallest absolute Gasteiger partial charge is 0.233 e. The summed E-state index contributed by atoms with van der Waals surface area (Å²) in [6.07, 6.45) is 1.53. The Kier molecular flexibility index (Phi) is 4.37. The SMILES string of the molecule is Cc1ccc(C[C@H]2CC(=O)N(CCc3ccc4c(c3)OCO4)C2=O)cc1. The standard InChI is InChI=1S/C21H21NO4/c1-14-2-4-15(5-3-14)10-17-12-20(23)22(21(17)24)9-8-16-6-7-18-19(11-16)26-13-25-18/h2-7,11,17H,8-10,12-13H2,1H3/t17-/m0/s1. The molecule has 134 valence electrons. The topological polar surface area (TPSA) is 55.8 Å². The molecular formula is C21H21NO4. The van der Waals surface area contributed by atoms with Gasteiger partial charge in [-0.05, 0) is 43.0 Å². The van der Waals surface area contributed by atoms with E-state index in [9.17, 15) is 9.59 Å². The summed E-state index contributed by atoms with van der Waals surface area (Å²) < 4.78 is 10.7. The zero-order chi connectivity index (χ0) is 18.1. The summed E-state index contributed by atoms with van der Waals surface area (Å²) >= 11 is 0. The molecule has 26 heavy (non-hydrogen) atoms. The van der Waals surface area contributed by atoms with Crippen molar-refractivity contribution in [2.75, 3.05) is 13.3 Å². The molecular weight excluding hydrogens is 330 g/mol. The molecule has 0 unspecified atom stereocenters. The van der Waals surface area contributed by atoms with Crippen LogP contribution in [-0.4, -0.2) is 30.1 Å². The summed E-state index contributed by atoms with van der Waals surface area (Å²) in [7, 11) is 0. The number of hydrogen-bond donors (Lipinski definition) is 0. The lowest BCUT2D eigenvalue weighted by Gasteiger charge is -2.15. The molecule has 0 aromatic heterocycles. The third-order valence-electron chi connectivity index (χ3n) is 5.00. The Morgan fingerprint density at radius 2 is 1.73 bits per heavy atom. The van der Waals surface area contributed by atoms with E-state index in [-0.39, 0.29) is 24.5 Å². The minimum Gasteiger partial charge on any atom is -0.454 e. The van der Waals surface area contributed by atoms with Crippen LogP contribution in [-0.2, 0) is 22.4 Å². The first-order chi connectivity index (χ1) is 12.6. The maximum absolute atomic E-state index is 12.7. The molecule has 2 aromatic rings. The molecule has 4 rings (SSSR count). The molecule has 0 bridgehead atoms. The molecule has 2 heterocycles. The first kappa shape index (κ1) is 16.6. The van der Waals surface area contributed by atoms with Crippen LogP contribution in [0.1, 0.15) is 23.1 Å². The van der Waals surface area contributed by atoms with Crippen LogP contribution in [0.3, 0.4) is 0 Å². The van der Waals surface area contributed by atoms with Gasteiger partial charge in [-0.2, -0.15) is 0 Å². The summed E-state index contributed by atoms with van der Waals surface area (Å²) in [5.41, 5.74) is 3.31. The van der Waals surface area contributed by atoms with Gasteiger partial charge in [0.1, 0.15) is 0 Å². The Morgan fingerprint density at radius 3 is 2.54 bits per heavy atom. The third-order valence-corrected chi connectivity index (χ3v) is 5.00. The van der Waals surface area contributed by atoms with Gasteiger partial charge in [0.25, 0.3) is 0 Å². The van der Waals surface area contributed by atoms with E-state index in [0.717, 1.165) is 22.6 Å². The van der Waals surface area contributed by atoms with Crippen molar-refractivity contribution in [2.24, 2.45) is 5.92 Å². The van der Waals surface area contributed by atoms with Crippen molar-refractivity contribution in [3.63, 3.8) is 0 Å². The third kappa shape index (κ3) is 3.29. The Morgan fingerprint density at radius 1 is 1.00 bits per heavy atom. The fourth-order valence-electron chi connectivity index (χ4n) is 3.49. The van der Waals surface area contributed by atoms with Crippen LogP contribution in [0.5, 0.6) is 11.5 Å². The van der Waals surface area contributed by atoms with Crippen LogP contribution in [0.2, 0.25) is 0 Å². The van der Waals surface area contributed by atoms with Crippen molar-refractivity contribution in [1.82, 2.24) is 4.90 Å². The molecule has 2 aliphatic heterocycles. The van der Waals surface area contributed by atoms with E-state index in [4.69, 9.17) is 9.47 Å². The van der Waals surface area contributed by atoms with Gasteiger partial charge in [-0.1, -0.05) is 35.9 Å². The van der Waals surface area contributed by atoms with Crippen LogP contribution in [0, 0.1) is 12.8 Å². The maximum Gasteiger partial charge on any atom is 0.233 e. The number of fused-ring (bicyclic) bond motifs is 1. The van der Waals surface area contributed by atoms with E-state index in [1.54, 1.807) is 0 Å². The lowest BCUT2D eigenvalue weighted by atomic mass is 9.97. The summed E-state index contributed by atoms with van der Waals surface area (Å²) in [5.74, 6) is 1.07. The number of rotatable bonds is 5. The largest absolute Gasteiger partial charge is 0.454 e. The van der Waals surface area contributed by atoms with Gasteiger partial charge in [0.05, 0.1) is 5.92 Å². The highest BCUT2D eigenvalue weighted by Gasteiger charge is 2.37. The summed E-state index contributed by atoms with van der Waals surface area (Å²) in [6, 6.07) is 13.9. The highest BCUT2D eigenvalue weighted by molar-refractivity contribution is 6.03. The molecule has 0 radical (unpaired) electrons. The number of amides is 2. The number of likely N-dealkylation sites (tertiary alicyclic amines) is 1. The van der Waals surface area contributed by atoms with Crippen LogP contribution in [0.4, 0.5) is 0 Å². The molecule has 1 fully saturated rings. The van der Waals surface area contributed by atoms with Crippen molar-refractivity contribution >= 4 is 11.8 Å². The van der Waals surface area contributed by atoms with E-state index in [1.165, 1.54) is 10.5 Å². The van der Waals surface area contributed by atoms with Crippen molar-refractivity contribution < 1.29 is 19.1 Å². The van der Waals surface area contributed by atoms with E-state index >= 15 is 0 Å². The molecule has 0 aliphatic carbocycles. The van der Waals surface area contributed by atoms with Crippen LogP contribution in [0.15, 0.2) is 42.5 Å². The van der Waals surface area contributed by atoms with Gasteiger partial charge < -0.3 is 9.47 Å². The monoisotopic (exact) mass is 351 g/mol. The molecule has 0 spiro atoms. The second-order valence-electron chi connectivity index (χ2n) is 6.91. The second-order valence-corrected chi connectivity index (χ2v) is 6.91. The highest BCUT2D eigenvalue weighted by atomic mass is 16.7. The molecule has 1 atom stereocenters. The fourth-order valence-corrected chi connectivity index (χ4v) is 3.49. The Balaban J connectivity index is 1.38. The zero-order valence-corrected chi connectivity index (χ0v) is 14.7. The molecule has 2 aliphatic rings. The molecule has 5 nitrogen and oxygen atoms in total. The number of hydrogen-bond acceptors (Lipinski definition) is 4. The molecule has 2 aromatic carbocycles. The van der Waals surface area contributed by atoms with Gasteiger partial charge in [-0.15, -0.1) is 0 Å². The predicted molar refractivity (Wildman–Crippen MR) is 96.0 cm³/mol. The van der Waals surface area contributed by atoms with Crippen LogP contribution in [0.25, 0.3) is 0 Å². The predicted octanol–water partition coefficient (Wildman–Crippen LogP) is 2.88. The number of imide groups is 1. The highest BCUT2D eigenvalue weighted by Crippen LogP contribution is 2.33. The summed E-state index contributed by atoms with van der Waals surface area (Å²) in [5, 5.41) is 0. The summed E-state index contributed by atoms with van der Waals surface area (Å²) in [6.45, 7) is 2.68. The lowest BCUT2D eigenvalue weighted by Crippen LogP contribution is -2.33. The van der Waals surface area contributed by atoms with Gasteiger partial charge in [0.2, 0.25) is 18.6 Å². The first-order valence-corrected chi connectivity index (χ1v) is 8.88. The van der Waals surface area contributed by atoms with Crippen LogP contribution >= 0.6 is 0 Å². The fraction of sp³-hybridized carbons (Fsp3) is 0.333. The normalized spacial score (nSPS) is 18.7. The van der Waals surface area contributed by atoms with E-state index < -0.39 is 0 Å². The van der Waals surface area contributed by atoms with E-state index in [1.807, 2.05) is 49.4 Å². The number of ether oxygens (including phenoxy) is 2. The molecule has 1 saturated heterocycles. The molecule has 0 N–H and O–H groups in total. The average Bonchev–Trinajstić information content (AvgIpc) is 3.20. The molecule has 5 heteroatoms. The number of carbonyl (C=O) groups excluding carboxylic acids is 2. The maximum atomic E-state index is 12.7. The zero-order valence-electron chi connectivity index (χ0n) is 14.7. The van der Waals surface area contributed by atoms with Gasteiger partial charge in [-0.3, -0.25) is 14.5 Å². The van der Waals surface area contributed by atoms with Crippen molar-refractivity contribution in [3.05, 3.63) is 59.2 Å². The van der Waals surface area contributed by atoms with Crippen molar-refractivity contribution in [1.29, 1.82) is 0 Å². The van der Waals surface area contributed by atoms with Crippen molar-refractivity contribution in [3.8, 4) is 11.5 Å². The Bertz CT molecular complexity index is 844. The first-order valence-electron chi connectivity index (χ1n) is 8.88. The van der Waals surface area contributed by atoms with Crippen molar-refractivity contribution in [2.45, 2.75) is 26.2 Å². The number of benzene rings is 2. The summed E-state index contributed by atoms with van der Waals surface area (Å²) in [4.78, 5) is 26.4. The second kappa shape index (κ2) is 6.83. The number of aryl methyl sites for hydroxylation is 1. The van der Waals surface area contributed by atoms with E-state index in [0.29, 0.717) is 25.8 Å². The quantitative estimate of drug-likeness (QED) is 0.778. The Labute approximate surface area is 152 Å². The minimum absolute atomic E-state index is 0.0590. The van der Waals surface area contributed by atoms with Gasteiger partial charge in [0.15, 0.2) is 11.5 Å². The minimum atomic E-state index is -0.248. The van der Waals surface area contributed by atoms with Gasteiger partial charge >= 0.3 is 0 Å². The molecule has 2 amide bonds. The lowest BCUT2D eigenvalue weighted by molar-refractivity contribution is -0.139. The molecule has 0 saturated carbocycles. The number of carbonyl (C=O) groups is 2. The van der Waals surface area contributed by atoms with E-state index in [2.05, 4.69) is 0 Å². The van der Waals surface area contributed by atoms with Gasteiger partial charge in [0, 0.05) is 13.0 Å². The van der Waals surface area contributed by atoms with Crippen LogP contribution < -0.4 is 9.47 Å². The Hall–Kier alpha value is -2.82. The average molecular weight is 351 g/mol. The van der Waals surface area contributed by atoms with Gasteiger partial charge in [-0.25, -0.2) is 0 Å².